The SMILES string of the molecule is CCc1nnsc1C(=O)C1CCOC2(CCSC2)C1. The first-order chi connectivity index (χ1) is 9.24. The Kier molecular flexibility index (Phi) is 3.91. The van der Waals surface area contributed by atoms with E-state index in [-0.39, 0.29) is 17.3 Å². The Bertz CT molecular complexity index is 469. The number of thioether (sulfide) groups is 1. The third-order valence-corrected chi connectivity index (χ3v) is 6.05. The van der Waals surface area contributed by atoms with Crippen LogP contribution in [-0.2, 0) is 11.2 Å². The monoisotopic (exact) mass is 298 g/mol. The maximum atomic E-state index is 12.6. The van der Waals surface area contributed by atoms with Crippen LogP contribution in [0.15, 0.2) is 0 Å². The van der Waals surface area contributed by atoms with E-state index < -0.39 is 0 Å². The Balaban J connectivity index is 1.76. The molecule has 3 heterocycles. The number of aryl methyl sites for hydroxylation is 1. The zero-order chi connectivity index (χ0) is 13.3. The summed E-state index contributed by atoms with van der Waals surface area (Å²) in [7, 11) is 0. The average molecular weight is 298 g/mol. The van der Waals surface area contributed by atoms with E-state index in [4.69, 9.17) is 4.74 Å². The fourth-order valence-corrected chi connectivity index (χ4v) is 5.07. The predicted octanol–water partition coefficient (Wildman–Crippen LogP) is 2.59. The summed E-state index contributed by atoms with van der Waals surface area (Å²) in [6.45, 7) is 2.73. The van der Waals surface area contributed by atoms with Gasteiger partial charge < -0.3 is 4.74 Å². The molecule has 0 N–H and O–H groups in total. The van der Waals surface area contributed by atoms with Crippen molar-refractivity contribution in [3.05, 3.63) is 10.6 Å². The molecule has 2 aliphatic heterocycles. The maximum absolute atomic E-state index is 12.6. The van der Waals surface area contributed by atoms with Crippen molar-refractivity contribution in [1.29, 1.82) is 0 Å². The summed E-state index contributed by atoms with van der Waals surface area (Å²) in [5.74, 6) is 2.54. The van der Waals surface area contributed by atoms with Gasteiger partial charge in [-0.2, -0.15) is 11.8 Å². The lowest BCUT2D eigenvalue weighted by Gasteiger charge is -2.37. The van der Waals surface area contributed by atoms with Crippen LogP contribution in [0.25, 0.3) is 0 Å². The molecule has 1 aromatic rings. The van der Waals surface area contributed by atoms with Gasteiger partial charge in [-0.15, -0.1) is 5.10 Å². The largest absolute Gasteiger partial charge is 0.374 e. The van der Waals surface area contributed by atoms with Crippen molar-refractivity contribution in [2.24, 2.45) is 5.92 Å². The number of hydrogen-bond donors (Lipinski definition) is 0. The minimum atomic E-state index is -0.0340. The van der Waals surface area contributed by atoms with Crippen molar-refractivity contribution in [3.63, 3.8) is 0 Å². The maximum Gasteiger partial charge on any atom is 0.179 e. The fourth-order valence-electron chi connectivity index (χ4n) is 2.93. The highest BCUT2D eigenvalue weighted by Gasteiger charge is 2.43. The van der Waals surface area contributed by atoms with Crippen LogP contribution in [0.3, 0.4) is 0 Å². The molecule has 3 rings (SSSR count). The Morgan fingerprint density at radius 1 is 1.58 bits per heavy atom. The lowest BCUT2D eigenvalue weighted by Crippen LogP contribution is -2.42. The lowest BCUT2D eigenvalue weighted by molar-refractivity contribution is -0.0734. The highest BCUT2D eigenvalue weighted by molar-refractivity contribution is 7.99. The lowest BCUT2D eigenvalue weighted by atomic mass is 9.82. The van der Waals surface area contributed by atoms with Gasteiger partial charge in [0.25, 0.3) is 0 Å². The molecule has 1 aromatic heterocycles. The van der Waals surface area contributed by atoms with Crippen molar-refractivity contribution in [1.82, 2.24) is 9.59 Å². The van der Waals surface area contributed by atoms with E-state index in [9.17, 15) is 4.79 Å². The summed E-state index contributed by atoms with van der Waals surface area (Å²) >= 11 is 3.19. The van der Waals surface area contributed by atoms with Crippen LogP contribution in [0.4, 0.5) is 0 Å². The van der Waals surface area contributed by atoms with E-state index in [0.29, 0.717) is 6.61 Å². The van der Waals surface area contributed by atoms with E-state index in [1.807, 2.05) is 18.7 Å². The van der Waals surface area contributed by atoms with Crippen LogP contribution in [0.2, 0.25) is 0 Å². The summed E-state index contributed by atoms with van der Waals surface area (Å²) < 4.78 is 9.91. The number of aromatic nitrogens is 2. The molecule has 1 spiro atoms. The molecule has 0 aromatic carbocycles. The molecule has 2 atom stereocenters. The van der Waals surface area contributed by atoms with Crippen LogP contribution >= 0.6 is 23.3 Å². The molecule has 6 heteroatoms. The summed E-state index contributed by atoms with van der Waals surface area (Å²) in [6, 6.07) is 0. The van der Waals surface area contributed by atoms with E-state index in [1.165, 1.54) is 11.5 Å². The fraction of sp³-hybridized carbons (Fsp3) is 0.769. The van der Waals surface area contributed by atoms with Gasteiger partial charge in [0.15, 0.2) is 5.78 Å². The number of rotatable bonds is 3. The molecule has 4 nitrogen and oxygen atoms in total. The third-order valence-electron chi connectivity index (χ3n) is 4.05. The van der Waals surface area contributed by atoms with Crippen molar-refractivity contribution in [2.75, 3.05) is 18.1 Å². The minimum Gasteiger partial charge on any atom is -0.374 e. The van der Waals surface area contributed by atoms with Gasteiger partial charge in [-0.3, -0.25) is 4.79 Å². The number of hydrogen-bond acceptors (Lipinski definition) is 6. The minimum absolute atomic E-state index is 0.0340. The summed E-state index contributed by atoms with van der Waals surface area (Å²) in [6.07, 6.45) is 3.58. The molecule has 2 saturated heterocycles. The molecule has 0 saturated carbocycles. The van der Waals surface area contributed by atoms with Crippen LogP contribution in [0.1, 0.15) is 41.6 Å². The zero-order valence-electron chi connectivity index (χ0n) is 11.1. The van der Waals surface area contributed by atoms with Crippen LogP contribution in [-0.4, -0.2) is 39.1 Å². The van der Waals surface area contributed by atoms with Crippen molar-refractivity contribution >= 4 is 29.1 Å². The van der Waals surface area contributed by atoms with E-state index in [0.717, 1.165) is 47.8 Å². The molecule has 2 unspecified atom stereocenters. The molecule has 0 aliphatic carbocycles. The first-order valence-electron chi connectivity index (χ1n) is 6.81. The number of Topliss-reactive ketones (excluding diaryl/α,β-unsaturated/α-hetero) is 1. The zero-order valence-corrected chi connectivity index (χ0v) is 12.7. The number of nitrogens with zero attached hydrogens (tertiary/aromatic N) is 2. The Morgan fingerprint density at radius 3 is 3.21 bits per heavy atom. The summed E-state index contributed by atoms with van der Waals surface area (Å²) in [5.41, 5.74) is 0.824. The van der Waals surface area contributed by atoms with E-state index in [2.05, 4.69) is 9.59 Å². The first kappa shape index (κ1) is 13.5. The highest BCUT2D eigenvalue weighted by atomic mass is 32.2. The highest BCUT2D eigenvalue weighted by Crippen LogP contribution is 2.41. The van der Waals surface area contributed by atoms with Crippen molar-refractivity contribution < 1.29 is 9.53 Å². The average Bonchev–Trinajstić information content (AvgIpc) is 3.07. The van der Waals surface area contributed by atoms with Gasteiger partial charge in [-0.25, -0.2) is 0 Å². The van der Waals surface area contributed by atoms with Crippen LogP contribution in [0.5, 0.6) is 0 Å². The van der Waals surface area contributed by atoms with Crippen molar-refractivity contribution in [3.8, 4) is 0 Å². The standard InChI is InChI=1S/C13H18N2O2S2/c1-2-10-12(19-15-14-10)11(16)9-3-5-17-13(7-9)4-6-18-8-13/h9H,2-8H2,1H3. The first-order valence-corrected chi connectivity index (χ1v) is 8.74. The van der Waals surface area contributed by atoms with Gasteiger partial charge >= 0.3 is 0 Å². The number of ether oxygens (including phenoxy) is 1. The normalized spacial score (nSPS) is 30.9. The van der Waals surface area contributed by atoms with Crippen LogP contribution in [0, 0.1) is 5.92 Å². The van der Waals surface area contributed by atoms with E-state index >= 15 is 0 Å². The van der Waals surface area contributed by atoms with Gasteiger partial charge in [0.1, 0.15) is 4.88 Å². The van der Waals surface area contributed by atoms with Crippen molar-refractivity contribution in [2.45, 2.75) is 38.2 Å². The van der Waals surface area contributed by atoms with Gasteiger partial charge in [0.05, 0.1) is 11.3 Å². The molecular formula is C13H18N2O2S2. The van der Waals surface area contributed by atoms with Gasteiger partial charge in [0, 0.05) is 18.3 Å². The molecule has 2 fully saturated rings. The summed E-state index contributed by atoms with van der Waals surface area (Å²) in [4.78, 5) is 13.4. The van der Waals surface area contributed by atoms with Gasteiger partial charge in [-0.1, -0.05) is 11.4 Å². The Morgan fingerprint density at radius 2 is 2.47 bits per heavy atom. The Labute approximate surface area is 121 Å². The molecule has 19 heavy (non-hydrogen) atoms. The quantitative estimate of drug-likeness (QED) is 0.803. The van der Waals surface area contributed by atoms with E-state index in [1.54, 1.807) is 0 Å². The molecule has 2 aliphatic rings. The molecule has 0 amide bonds. The third kappa shape index (κ3) is 2.58. The Hall–Kier alpha value is -0.460. The summed E-state index contributed by atoms with van der Waals surface area (Å²) in [5, 5.41) is 4.05. The number of carbonyl (C=O) groups excluding carboxylic acids is 1. The number of ketones is 1. The second-order valence-electron chi connectivity index (χ2n) is 5.29. The second-order valence-corrected chi connectivity index (χ2v) is 7.15. The smallest absolute Gasteiger partial charge is 0.179 e. The molecule has 104 valence electrons. The van der Waals surface area contributed by atoms with Gasteiger partial charge in [0.2, 0.25) is 0 Å². The second kappa shape index (κ2) is 5.50. The molecule has 0 bridgehead atoms. The predicted molar refractivity (Wildman–Crippen MR) is 77.0 cm³/mol. The topological polar surface area (TPSA) is 52.1 Å². The van der Waals surface area contributed by atoms with Gasteiger partial charge in [-0.05, 0) is 43.0 Å². The van der Waals surface area contributed by atoms with Crippen LogP contribution < -0.4 is 0 Å². The number of carbonyl (C=O) groups is 1. The molecule has 0 radical (unpaired) electrons. The molecular weight excluding hydrogens is 280 g/mol.